The number of nitrogens with zero attached hydrogens (tertiary/aromatic N) is 2. The van der Waals surface area contributed by atoms with Crippen LogP contribution in [-0.4, -0.2) is 36.2 Å². The predicted molar refractivity (Wildman–Crippen MR) is 69.5 cm³/mol. The highest BCUT2D eigenvalue weighted by Crippen LogP contribution is 2.25. The second kappa shape index (κ2) is 5.42. The van der Waals surface area contributed by atoms with Gasteiger partial charge in [0.05, 0.1) is 20.3 Å². The molecule has 3 rings (SSSR count). The molecule has 1 aliphatic rings. The lowest BCUT2D eigenvalue weighted by Crippen LogP contribution is -2.25. The standard InChI is InChI=1S/C14H14N2O4/c1-18-10-4-2-3-9(7-10)13-15-14(20-16-13)11-8-19-6-5-12(11)17/h2-4,7,11H,5-6,8H2,1H3. The van der Waals surface area contributed by atoms with Gasteiger partial charge in [-0.1, -0.05) is 17.3 Å². The smallest absolute Gasteiger partial charge is 0.239 e. The minimum atomic E-state index is -0.449. The van der Waals surface area contributed by atoms with Crippen molar-refractivity contribution < 1.29 is 18.8 Å². The fourth-order valence-electron chi connectivity index (χ4n) is 2.11. The van der Waals surface area contributed by atoms with Crippen LogP contribution in [0.2, 0.25) is 0 Å². The number of rotatable bonds is 3. The summed E-state index contributed by atoms with van der Waals surface area (Å²) in [6.07, 6.45) is 0.390. The maximum Gasteiger partial charge on any atom is 0.239 e. The molecule has 2 aromatic rings. The minimum Gasteiger partial charge on any atom is -0.497 e. The number of methoxy groups -OCH3 is 1. The van der Waals surface area contributed by atoms with Crippen LogP contribution in [0.5, 0.6) is 5.75 Å². The van der Waals surface area contributed by atoms with Crippen molar-refractivity contribution >= 4 is 5.78 Å². The Kier molecular flexibility index (Phi) is 3.47. The molecular weight excluding hydrogens is 260 g/mol. The molecule has 20 heavy (non-hydrogen) atoms. The molecule has 1 fully saturated rings. The van der Waals surface area contributed by atoms with E-state index in [1.54, 1.807) is 7.11 Å². The van der Waals surface area contributed by atoms with Gasteiger partial charge < -0.3 is 14.0 Å². The molecule has 0 spiro atoms. The van der Waals surface area contributed by atoms with Gasteiger partial charge in [0.25, 0.3) is 0 Å². The van der Waals surface area contributed by atoms with Crippen LogP contribution < -0.4 is 4.74 Å². The topological polar surface area (TPSA) is 74.5 Å². The van der Waals surface area contributed by atoms with Crippen molar-refractivity contribution in [3.8, 4) is 17.1 Å². The van der Waals surface area contributed by atoms with E-state index in [0.717, 1.165) is 5.56 Å². The maximum atomic E-state index is 11.8. The van der Waals surface area contributed by atoms with Crippen molar-refractivity contribution in [1.29, 1.82) is 0 Å². The van der Waals surface area contributed by atoms with Crippen molar-refractivity contribution in [2.45, 2.75) is 12.3 Å². The first-order valence-corrected chi connectivity index (χ1v) is 6.36. The Morgan fingerprint density at radius 2 is 2.30 bits per heavy atom. The quantitative estimate of drug-likeness (QED) is 0.849. The highest BCUT2D eigenvalue weighted by Gasteiger charge is 2.29. The van der Waals surface area contributed by atoms with Crippen molar-refractivity contribution in [2.75, 3.05) is 20.3 Å². The van der Waals surface area contributed by atoms with Crippen LogP contribution in [0.3, 0.4) is 0 Å². The van der Waals surface area contributed by atoms with E-state index in [9.17, 15) is 4.79 Å². The Balaban J connectivity index is 1.87. The van der Waals surface area contributed by atoms with Crippen molar-refractivity contribution in [2.24, 2.45) is 0 Å². The highest BCUT2D eigenvalue weighted by atomic mass is 16.5. The molecule has 0 radical (unpaired) electrons. The van der Waals surface area contributed by atoms with Gasteiger partial charge in [-0.25, -0.2) is 0 Å². The van der Waals surface area contributed by atoms with Gasteiger partial charge in [-0.2, -0.15) is 4.98 Å². The SMILES string of the molecule is COc1cccc(-c2noc(C3COCCC3=O)n2)c1. The molecule has 1 aliphatic heterocycles. The van der Waals surface area contributed by atoms with Crippen LogP contribution in [0.15, 0.2) is 28.8 Å². The number of aromatic nitrogens is 2. The monoisotopic (exact) mass is 274 g/mol. The first-order valence-electron chi connectivity index (χ1n) is 6.36. The third kappa shape index (κ3) is 2.42. The summed E-state index contributed by atoms with van der Waals surface area (Å²) in [4.78, 5) is 16.1. The Labute approximate surface area is 115 Å². The zero-order valence-corrected chi connectivity index (χ0v) is 11.0. The molecule has 0 saturated carbocycles. The molecule has 1 saturated heterocycles. The Morgan fingerprint density at radius 3 is 3.10 bits per heavy atom. The second-order valence-corrected chi connectivity index (χ2v) is 4.53. The van der Waals surface area contributed by atoms with Gasteiger partial charge in [-0.3, -0.25) is 4.79 Å². The van der Waals surface area contributed by atoms with E-state index in [1.807, 2.05) is 24.3 Å². The van der Waals surface area contributed by atoms with Crippen LogP contribution in [-0.2, 0) is 9.53 Å². The van der Waals surface area contributed by atoms with Crippen molar-refractivity contribution in [1.82, 2.24) is 10.1 Å². The summed E-state index contributed by atoms with van der Waals surface area (Å²) in [5.74, 6) is 1.10. The van der Waals surface area contributed by atoms with E-state index in [4.69, 9.17) is 14.0 Å². The maximum absolute atomic E-state index is 11.8. The third-order valence-corrected chi connectivity index (χ3v) is 3.23. The van der Waals surface area contributed by atoms with E-state index < -0.39 is 5.92 Å². The van der Waals surface area contributed by atoms with E-state index >= 15 is 0 Å². The largest absolute Gasteiger partial charge is 0.497 e. The molecule has 104 valence electrons. The number of ether oxygens (including phenoxy) is 2. The molecular formula is C14H14N2O4. The average molecular weight is 274 g/mol. The summed E-state index contributed by atoms with van der Waals surface area (Å²) in [7, 11) is 1.60. The van der Waals surface area contributed by atoms with Gasteiger partial charge >= 0.3 is 0 Å². The van der Waals surface area contributed by atoms with Gasteiger partial charge in [0.15, 0.2) is 0 Å². The fraction of sp³-hybridized carbons (Fsp3) is 0.357. The van der Waals surface area contributed by atoms with Gasteiger partial charge in [-0.15, -0.1) is 0 Å². The average Bonchev–Trinajstić information content (AvgIpc) is 2.97. The molecule has 1 aromatic carbocycles. The molecule has 2 heterocycles. The first-order chi connectivity index (χ1) is 9.78. The number of carbonyl (C=O) groups is 1. The van der Waals surface area contributed by atoms with Crippen molar-refractivity contribution in [3.63, 3.8) is 0 Å². The number of carbonyl (C=O) groups excluding carboxylic acids is 1. The number of hydrogen-bond acceptors (Lipinski definition) is 6. The molecule has 1 aromatic heterocycles. The summed E-state index contributed by atoms with van der Waals surface area (Å²) in [5, 5.41) is 3.92. The Morgan fingerprint density at radius 1 is 1.40 bits per heavy atom. The van der Waals surface area contributed by atoms with Crippen LogP contribution >= 0.6 is 0 Å². The van der Waals surface area contributed by atoms with Gasteiger partial charge in [0, 0.05) is 12.0 Å². The van der Waals surface area contributed by atoms with E-state index in [-0.39, 0.29) is 5.78 Å². The predicted octanol–water partition coefficient (Wildman–Crippen LogP) is 1.82. The molecule has 6 heteroatoms. The number of ketones is 1. The normalized spacial score (nSPS) is 19.1. The fourth-order valence-corrected chi connectivity index (χ4v) is 2.11. The molecule has 1 unspecified atom stereocenters. The third-order valence-electron chi connectivity index (χ3n) is 3.23. The molecule has 0 bridgehead atoms. The summed E-state index contributed by atoms with van der Waals surface area (Å²) >= 11 is 0. The summed E-state index contributed by atoms with van der Waals surface area (Å²) < 4.78 is 15.6. The lowest BCUT2D eigenvalue weighted by molar-refractivity contribution is -0.127. The molecule has 0 aliphatic carbocycles. The van der Waals surface area contributed by atoms with Crippen LogP contribution in [0, 0.1) is 0 Å². The van der Waals surface area contributed by atoms with Crippen LogP contribution in [0.25, 0.3) is 11.4 Å². The number of Topliss-reactive ketones (excluding diaryl/α,β-unsaturated/α-hetero) is 1. The van der Waals surface area contributed by atoms with E-state index in [2.05, 4.69) is 10.1 Å². The van der Waals surface area contributed by atoms with Crippen molar-refractivity contribution in [3.05, 3.63) is 30.2 Å². The lowest BCUT2D eigenvalue weighted by atomic mass is 10.0. The zero-order valence-electron chi connectivity index (χ0n) is 11.0. The summed E-state index contributed by atoms with van der Waals surface area (Å²) in [6.45, 7) is 0.769. The Bertz CT molecular complexity index is 623. The minimum absolute atomic E-state index is 0.0806. The van der Waals surface area contributed by atoms with Gasteiger partial charge in [0.2, 0.25) is 11.7 Å². The van der Waals surface area contributed by atoms with Gasteiger partial charge in [-0.05, 0) is 12.1 Å². The van der Waals surface area contributed by atoms with Gasteiger partial charge in [0.1, 0.15) is 17.5 Å². The molecule has 6 nitrogen and oxygen atoms in total. The lowest BCUT2D eigenvalue weighted by Gasteiger charge is -2.16. The summed E-state index contributed by atoms with van der Waals surface area (Å²) in [6, 6.07) is 7.35. The first kappa shape index (κ1) is 12.8. The summed E-state index contributed by atoms with van der Waals surface area (Å²) in [5.41, 5.74) is 0.781. The molecule has 0 N–H and O–H groups in total. The molecule has 1 atom stereocenters. The number of hydrogen-bond donors (Lipinski definition) is 0. The highest BCUT2D eigenvalue weighted by molar-refractivity contribution is 5.85. The second-order valence-electron chi connectivity index (χ2n) is 4.53. The van der Waals surface area contributed by atoms with E-state index in [1.165, 1.54) is 0 Å². The molecule has 0 amide bonds. The zero-order chi connectivity index (χ0) is 13.9. The van der Waals surface area contributed by atoms with Crippen LogP contribution in [0.4, 0.5) is 0 Å². The number of benzene rings is 1. The van der Waals surface area contributed by atoms with E-state index in [0.29, 0.717) is 37.1 Å². The Hall–Kier alpha value is -2.21. The van der Waals surface area contributed by atoms with Crippen LogP contribution in [0.1, 0.15) is 18.2 Å².